The van der Waals surface area contributed by atoms with Crippen molar-refractivity contribution < 1.29 is 14.3 Å². The average Bonchev–Trinajstić information content (AvgIpc) is 2.99. The Bertz CT molecular complexity index is 377. The number of nitrogens with zero attached hydrogens (tertiary/aromatic N) is 1. The number of hydrogen-bond acceptors (Lipinski definition) is 3. The third-order valence-electron chi connectivity index (χ3n) is 5.03. The van der Waals surface area contributed by atoms with Crippen LogP contribution >= 0.6 is 0 Å². The number of fused-ring (bicyclic) bond motifs is 1. The summed E-state index contributed by atoms with van der Waals surface area (Å²) in [5.41, 5.74) is 0. The number of ether oxygens (including phenoxy) is 2. The van der Waals surface area contributed by atoms with Crippen molar-refractivity contribution in [1.29, 1.82) is 0 Å². The third kappa shape index (κ3) is 4.23. The van der Waals surface area contributed by atoms with Crippen molar-refractivity contribution in [1.82, 2.24) is 10.2 Å². The van der Waals surface area contributed by atoms with Crippen molar-refractivity contribution in [3.05, 3.63) is 12.2 Å². The maximum Gasteiger partial charge on any atom is 0.317 e. The second-order valence-electron chi connectivity index (χ2n) is 6.64. The van der Waals surface area contributed by atoms with Gasteiger partial charge in [0, 0.05) is 39.5 Å². The molecule has 2 unspecified atom stereocenters. The molecule has 124 valence electrons. The van der Waals surface area contributed by atoms with Gasteiger partial charge < -0.3 is 19.7 Å². The summed E-state index contributed by atoms with van der Waals surface area (Å²) in [4.78, 5) is 14.2. The second kappa shape index (κ2) is 7.97. The molecule has 0 aromatic carbocycles. The first-order valence-electron chi connectivity index (χ1n) is 8.70. The van der Waals surface area contributed by atoms with Crippen LogP contribution in [-0.2, 0) is 9.47 Å². The van der Waals surface area contributed by atoms with Gasteiger partial charge in [0.05, 0.1) is 6.10 Å². The number of amides is 2. The molecule has 0 aromatic rings. The molecule has 1 N–H and O–H groups in total. The molecule has 0 bridgehead atoms. The van der Waals surface area contributed by atoms with E-state index in [1.165, 1.54) is 0 Å². The Morgan fingerprint density at radius 3 is 2.55 bits per heavy atom. The summed E-state index contributed by atoms with van der Waals surface area (Å²) in [6.07, 6.45) is 10.0. The Morgan fingerprint density at radius 1 is 1.18 bits per heavy atom. The van der Waals surface area contributed by atoms with Gasteiger partial charge in [-0.25, -0.2) is 4.79 Å². The fraction of sp³-hybridized carbons (Fsp3) is 0.824. The number of urea groups is 1. The van der Waals surface area contributed by atoms with Crippen molar-refractivity contribution >= 4 is 6.03 Å². The van der Waals surface area contributed by atoms with Gasteiger partial charge in [0.2, 0.25) is 0 Å². The SMILES string of the molecule is O=C(NCCCOC1CCOCC1)N1CC2CC=CCC2C1. The van der Waals surface area contributed by atoms with Crippen molar-refractivity contribution in [2.24, 2.45) is 11.8 Å². The summed E-state index contributed by atoms with van der Waals surface area (Å²) in [6.45, 7) is 4.88. The molecule has 3 rings (SSSR count). The lowest BCUT2D eigenvalue weighted by Crippen LogP contribution is -2.39. The molecule has 22 heavy (non-hydrogen) atoms. The number of rotatable bonds is 5. The Balaban J connectivity index is 1.27. The van der Waals surface area contributed by atoms with Crippen LogP contribution in [0, 0.1) is 11.8 Å². The van der Waals surface area contributed by atoms with Crippen LogP contribution in [0.25, 0.3) is 0 Å². The van der Waals surface area contributed by atoms with Crippen LogP contribution in [-0.4, -0.2) is 56.5 Å². The minimum atomic E-state index is 0.0977. The van der Waals surface area contributed by atoms with E-state index < -0.39 is 0 Å². The molecule has 2 saturated heterocycles. The van der Waals surface area contributed by atoms with Crippen LogP contribution in [0.15, 0.2) is 12.2 Å². The van der Waals surface area contributed by atoms with Crippen molar-refractivity contribution in [3.8, 4) is 0 Å². The van der Waals surface area contributed by atoms with E-state index in [4.69, 9.17) is 9.47 Å². The molecule has 2 amide bonds. The molecule has 1 aliphatic carbocycles. The zero-order valence-electron chi connectivity index (χ0n) is 13.3. The number of nitrogens with one attached hydrogen (secondary N) is 1. The molecular formula is C17H28N2O3. The normalized spacial score (nSPS) is 28.6. The van der Waals surface area contributed by atoms with Gasteiger partial charge in [-0.3, -0.25) is 0 Å². The fourth-order valence-electron chi connectivity index (χ4n) is 3.65. The lowest BCUT2D eigenvalue weighted by atomic mass is 9.86. The van der Waals surface area contributed by atoms with E-state index in [9.17, 15) is 4.79 Å². The highest BCUT2D eigenvalue weighted by Crippen LogP contribution is 2.32. The predicted octanol–water partition coefficient (Wildman–Crippen LogP) is 2.18. The Labute approximate surface area is 133 Å². The molecular weight excluding hydrogens is 280 g/mol. The van der Waals surface area contributed by atoms with Gasteiger partial charge in [0.1, 0.15) is 0 Å². The largest absolute Gasteiger partial charge is 0.381 e. The van der Waals surface area contributed by atoms with Crippen LogP contribution in [0.1, 0.15) is 32.1 Å². The zero-order valence-corrected chi connectivity index (χ0v) is 13.3. The minimum absolute atomic E-state index is 0.0977. The van der Waals surface area contributed by atoms with E-state index in [1.54, 1.807) is 0 Å². The lowest BCUT2D eigenvalue weighted by molar-refractivity contribution is -0.0320. The standard InChI is InChI=1S/C17H28N2O3/c20-17(19-12-14-4-1-2-5-15(14)13-19)18-8-3-9-22-16-6-10-21-11-7-16/h1-2,14-16H,3-13H2,(H,18,20). The van der Waals surface area contributed by atoms with Crippen molar-refractivity contribution in [3.63, 3.8) is 0 Å². The number of hydrogen-bond donors (Lipinski definition) is 1. The number of allylic oxidation sites excluding steroid dienone is 2. The molecule has 2 heterocycles. The number of carbonyl (C=O) groups excluding carboxylic acids is 1. The van der Waals surface area contributed by atoms with Gasteiger partial charge in [-0.05, 0) is 43.9 Å². The predicted molar refractivity (Wildman–Crippen MR) is 84.7 cm³/mol. The van der Waals surface area contributed by atoms with E-state index in [-0.39, 0.29) is 6.03 Å². The summed E-state index contributed by atoms with van der Waals surface area (Å²) in [5, 5.41) is 3.03. The van der Waals surface area contributed by atoms with Gasteiger partial charge in [0.15, 0.2) is 0 Å². The average molecular weight is 308 g/mol. The van der Waals surface area contributed by atoms with Crippen LogP contribution in [0.3, 0.4) is 0 Å². The van der Waals surface area contributed by atoms with Crippen molar-refractivity contribution in [2.75, 3.05) is 39.5 Å². The van der Waals surface area contributed by atoms with Gasteiger partial charge >= 0.3 is 6.03 Å². The van der Waals surface area contributed by atoms with Crippen LogP contribution in [0.4, 0.5) is 4.79 Å². The van der Waals surface area contributed by atoms with Gasteiger partial charge in [-0.15, -0.1) is 0 Å². The summed E-state index contributed by atoms with van der Waals surface area (Å²) in [7, 11) is 0. The lowest BCUT2D eigenvalue weighted by Gasteiger charge is -2.22. The zero-order chi connectivity index (χ0) is 15.2. The first kappa shape index (κ1) is 15.8. The van der Waals surface area contributed by atoms with E-state index in [0.717, 1.165) is 65.0 Å². The smallest absolute Gasteiger partial charge is 0.317 e. The molecule has 5 heteroatoms. The molecule has 2 atom stereocenters. The molecule has 0 spiro atoms. The summed E-state index contributed by atoms with van der Waals surface area (Å²) >= 11 is 0. The number of likely N-dealkylation sites (tertiary alicyclic amines) is 1. The Hall–Kier alpha value is -1.07. The van der Waals surface area contributed by atoms with Gasteiger partial charge in [-0.1, -0.05) is 12.2 Å². The maximum absolute atomic E-state index is 12.2. The van der Waals surface area contributed by atoms with Crippen LogP contribution < -0.4 is 5.32 Å². The maximum atomic E-state index is 12.2. The minimum Gasteiger partial charge on any atom is -0.381 e. The molecule has 2 aliphatic heterocycles. The van der Waals surface area contributed by atoms with E-state index in [0.29, 0.717) is 24.5 Å². The Kier molecular flexibility index (Phi) is 5.73. The molecule has 0 saturated carbocycles. The fourth-order valence-corrected chi connectivity index (χ4v) is 3.65. The summed E-state index contributed by atoms with van der Waals surface area (Å²) in [6, 6.07) is 0.0977. The number of carbonyl (C=O) groups is 1. The van der Waals surface area contributed by atoms with Crippen LogP contribution in [0.2, 0.25) is 0 Å². The quantitative estimate of drug-likeness (QED) is 0.625. The van der Waals surface area contributed by atoms with Crippen molar-refractivity contribution in [2.45, 2.75) is 38.2 Å². The third-order valence-corrected chi connectivity index (χ3v) is 5.03. The monoisotopic (exact) mass is 308 g/mol. The highest BCUT2D eigenvalue weighted by molar-refractivity contribution is 5.74. The first-order valence-corrected chi connectivity index (χ1v) is 8.70. The van der Waals surface area contributed by atoms with E-state index >= 15 is 0 Å². The second-order valence-corrected chi connectivity index (χ2v) is 6.64. The highest BCUT2D eigenvalue weighted by atomic mass is 16.5. The van der Waals surface area contributed by atoms with Gasteiger partial charge in [-0.2, -0.15) is 0 Å². The molecule has 3 aliphatic rings. The topological polar surface area (TPSA) is 50.8 Å². The highest BCUT2D eigenvalue weighted by Gasteiger charge is 2.34. The van der Waals surface area contributed by atoms with E-state index in [2.05, 4.69) is 17.5 Å². The summed E-state index contributed by atoms with van der Waals surface area (Å²) in [5.74, 6) is 1.35. The molecule has 0 radical (unpaired) electrons. The van der Waals surface area contributed by atoms with Crippen LogP contribution in [0.5, 0.6) is 0 Å². The van der Waals surface area contributed by atoms with E-state index in [1.807, 2.05) is 4.90 Å². The Morgan fingerprint density at radius 2 is 1.86 bits per heavy atom. The molecule has 0 aromatic heterocycles. The molecule has 5 nitrogen and oxygen atoms in total. The molecule has 2 fully saturated rings. The first-order chi connectivity index (χ1) is 10.8. The van der Waals surface area contributed by atoms with Gasteiger partial charge in [0.25, 0.3) is 0 Å². The summed E-state index contributed by atoms with van der Waals surface area (Å²) < 4.78 is 11.1.